The number of methoxy groups -OCH3 is 1. The maximum Gasteiger partial charge on any atom is 0.280 e. The van der Waals surface area contributed by atoms with Gasteiger partial charge in [-0.05, 0) is 15.9 Å². The Balaban J connectivity index is 3.05. The molecule has 0 unspecified atom stereocenters. The van der Waals surface area contributed by atoms with Crippen molar-refractivity contribution in [1.29, 1.82) is 0 Å². The van der Waals surface area contributed by atoms with Crippen LogP contribution in [0.2, 0.25) is 0 Å². The Hall–Kier alpha value is -0.710. The van der Waals surface area contributed by atoms with E-state index in [1.54, 1.807) is 0 Å². The van der Waals surface area contributed by atoms with Crippen molar-refractivity contribution >= 4 is 15.9 Å². The van der Waals surface area contributed by atoms with Gasteiger partial charge in [0.2, 0.25) is 0 Å². The number of hydrogen-bond acceptors (Lipinski definition) is 2. The summed E-state index contributed by atoms with van der Waals surface area (Å²) in [5.74, 6) is 0.361. The predicted octanol–water partition coefficient (Wildman–Crippen LogP) is 2.79. The predicted molar refractivity (Wildman–Crippen MR) is 43.4 cm³/mol. The summed E-state index contributed by atoms with van der Waals surface area (Å²) in [5, 5.41) is 0. The minimum absolute atomic E-state index is 0.282. The van der Waals surface area contributed by atoms with Gasteiger partial charge < -0.3 is 4.74 Å². The van der Waals surface area contributed by atoms with Crippen molar-refractivity contribution in [2.75, 3.05) is 7.11 Å². The maximum atomic E-state index is 12.1. The number of aromatic nitrogens is 1. The molecule has 1 aromatic heterocycles. The van der Waals surface area contributed by atoms with Gasteiger partial charge in [-0.2, -0.15) is 0 Å². The standard InChI is InChI=1S/C7H6BrF2NO/c1-12-6-2-5(7(9)10)11-3-4(6)8/h2-3,7H,1H3. The molecule has 66 valence electrons. The number of alkyl halides is 2. The van der Waals surface area contributed by atoms with Gasteiger partial charge in [0.15, 0.2) is 0 Å². The Morgan fingerprint density at radius 2 is 2.25 bits per heavy atom. The van der Waals surface area contributed by atoms with E-state index < -0.39 is 6.43 Å². The Kier molecular flexibility index (Phi) is 2.97. The molecule has 0 atom stereocenters. The molecule has 0 bridgehead atoms. The quantitative estimate of drug-likeness (QED) is 0.790. The number of nitrogens with zero attached hydrogens (tertiary/aromatic N) is 1. The van der Waals surface area contributed by atoms with Crippen molar-refractivity contribution in [2.45, 2.75) is 6.43 Å². The largest absolute Gasteiger partial charge is 0.495 e. The summed E-state index contributed by atoms with van der Waals surface area (Å²) in [6, 6.07) is 1.20. The zero-order valence-corrected chi connectivity index (χ0v) is 7.81. The molecule has 0 aliphatic rings. The molecular weight excluding hydrogens is 232 g/mol. The molecule has 0 amide bonds. The van der Waals surface area contributed by atoms with Crippen LogP contribution in [0, 0.1) is 0 Å². The third kappa shape index (κ3) is 1.91. The van der Waals surface area contributed by atoms with Crippen LogP contribution in [0.3, 0.4) is 0 Å². The lowest BCUT2D eigenvalue weighted by atomic mass is 10.3. The average molecular weight is 238 g/mol. The Labute approximate surface area is 76.7 Å². The van der Waals surface area contributed by atoms with E-state index in [1.807, 2.05) is 0 Å². The van der Waals surface area contributed by atoms with Gasteiger partial charge in [0.25, 0.3) is 6.43 Å². The minimum atomic E-state index is -2.56. The van der Waals surface area contributed by atoms with Gasteiger partial charge in [-0.1, -0.05) is 0 Å². The molecule has 0 N–H and O–H groups in total. The van der Waals surface area contributed by atoms with E-state index in [0.29, 0.717) is 10.2 Å². The first kappa shape index (κ1) is 9.38. The van der Waals surface area contributed by atoms with E-state index in [4.69, 9.17) is 4.74 Å². The zero-order chi connectivity index (χ0) is 9.14. The maximum absolute atomic E-state index is 12.1. The molecule has 0 radical (unpaired) electrons. The second-order valence-corrected chi connectivity index (χ2v) is 2.90. The number of hydrogen-bond donors (Lipinski definition) is 0. The molecule has 0 aromatic carbocycles. The van der Waals surface area contributed by atoms with Crippen LogP contribution in [0.25, 0.3) is 0 Å². The van der Waals surface area contributed by atoms with Gasteiger partial charge in [0.05, 0.1) is 11.6 Å². The van der Waals surface area contributed by atoms with E-state index in [0.717, 1.165) is 0 Å². The molecule has 0 fully saturated rings. The van der Waals surface area contributed by atoms with Crippen LogP contribution in [-0.2, 0) is 0 Å². The second kappa shape index (κ2) is 3.80. The Morgan fingerprint density at radius 3 is 2.75 bits per heavy atom. The molecule has 12 heavy (non-hydrogen) atoms. The summed E-state index contributed by atoms with van der Waals surface area (Å²) in [4.78, 5) is 3.51. The average Bonchev–Trinajstić information content (AvgIpc) is 2.05. The lowest BCUT2D eigenvalue weighted by Crippen LogP contribution is -1.92. The molecule has 1 rings (SSSR count). The van der Waals surface area contributed by atoms with Crippen LogP contribution in [0.5, 0.6) is 5.75 Å². The van der Waals surface area contributed by atoms with E-state index in [-0.39, 0.29) is 5.69 Å². The monoisotopic (exact) mass is 237 g/mol. The molecule has 0 aliphatic heterocycles. The SMILES string of the molecule is COc1cc(C(F)F)ncc1Br. The first-order valence-electron chi connectivity index (χ1n) is 3.12. The summed E-state index contributed by atoms with van der Waals surface area (Å²) in [6.07, 6.45) is -1.27. The van der Waals surface area contributed by atoms with Crippen LogP contribution in [-0.4, -0.2) is 12.1 Å². The second-order valence-electron chi connectivity index (χ2n) is 2.04. The van der Waals surface area contributed by atoms with Crippen LogP contribution < -0.4 is 4.74 Å². The lowest BCUT2D eigenvalue weighted by Gasteiger charge is -2.04. The topological polar surface area (TPSA) is 22.1 Å². The van der Waals surface area contributed by atoms with Crippen molar-refractivity contribution in [1.82, 2.24) is 4.98 Å². The third-order valence-electron chi connectivity index (χ3n) is 1.28. The Bertz CT molecular complexity index is 280. The highest BCUT2D eigenvalue weighted by atomic mass is 79.9. The first-order valence-corrected chi connectivity index (χ1v) is 3.92. The zero-order valence-electron chi connectivity index (χ0n) is 6.22. The summed E-state index contributed by atoms with van der Waals surface area (Å²) in [7, 11) is 1.41. The van der Waals surface area contributed by atoms with Crippen molar-refractivity contribution in [2.24, 2.45) is 0 Å². The van der Waals surface area contributed by atoms with Crippen molar-refractivity contribution in [3.8, 4) is 5.75 Å². The molecule has 0 saturated carbocycles. The normalized spacial score (nSPS) is 10.4. The lowest BCUT2D eigenvalue weighted by molar-refractivity contribution is 0.145. The highest BCUT2D eigenvalue weighted by molar-refractivity contribution is 9.10. The summed E-state index contributed by atoms with van der Waals surface area (Å²) < 4.78 is 29.5. The van der Waals surface area contributed by atoms with E-state index in [9.17, 15) is 8.78 Å². The van der Waals surface area contributed by atoms with Gasteiger partial charge in [-0.15, -0.1) is 0 Å². The van der Waals surface area contributed by atoms with E-state index in [2.05, 4.69) is 20.9 Å². The fourth-order valence-corrected chi connectivity index (χ4v) is 1.09. The number of halogens is 3. The van der Waals surface area contributed by atoms with Crippen molar-refractivity contribution < 1.29 is 13.5 Å². The third-order valence-corrected chi connectivity index (χ3v) is 1.88. The first-order chi connectivity index (χ1) is 5.65. The molecule has 1 aromatic rings. The molecule has 2 nitrogen and oxygen atoms in total. The van der Waals surface area contributed by atoms with Crippen LogP contribution in [0.4, 0.5) is 8.78 Å². The molecule has 0 spiro atoms. The summed E-state index contributed by atoms with van der Waals surface area (Å²) >= 11 is 3.11. The number of rotatable bonds is 2. The molecule has 1 heterocycles. The van der Waals surface area contributed by atoms with Gasteiger partial charge in [-0.3, -0.25) is 4.98 Å². The van der Waals surface area contributed by atoms with Gasteiger partial charge in [0, 0.05) is 12.3 Å². The number of pyridine rings is 1. The van der Waals surface area contributed by atoms with E-state index in [1.165, 1.54) is 19.4 Å². The van der Waals surface area contributed by atoms with Gasteiger partial charge >= 0.3 is 0 Å². The highest BCUT2D eigenvalue weighted by Gasteiger charge is 2.11. The molecule has 5 heteroatoms. The summed E-state index contributed by atoms with van der Waals surface area (Å²) in [6.45, 7) is 0. The van der Waals surface area contributed by atoms with Crippen LogP contribution in [0.1, 0.15) is 12.1 Å². The van der Waals surface area contributed by atoms with E-state index >= 15 is 0 Å². The van der Waals surface area contributed by atoms with Crippen molar-refractivity contribution in [3.05, 3.63) is 22.4 Å². The van der Waals surface area contributed by atoms with Crippen LogP contribution in [0.15, 0.2) is 16.7 Å². The fraction of sp³-hybridized carbons (Fsp3) is 0.286. The smallest absolute Gasteiger partial charge is 0.280 e. The fourth-order valence-electron chi connectivity index (χ4n) is 0.711. The minimum Gasteiger partial charge on any atom is -0.495 e. The van der Waals surface area contributed by atoms with Gasteiger partial charge in [-0.25, -0.2) is 8.78 Å². The van der Waals surface area contributed by atoms with Crippen molar-refractivity contribution in [3.63, 3.8) is 0 Å². The Morgan fingerprint density at radius 1 is 1.58 bits per heavy atom. The number of ether oxygens (including phenoxy) is 1. The molecule has 0 saturated heterocycles. The molecule has 0 aliphatic carbocycles. The summed E-state index contributed by atoms with van der Waals surface area (Å²) in [5.41, 5.74) is -0.282. The molecular formula is C7H6BrF2NO. The van der Waals surface area contributed by atoms with Crippen LogP contribution >= 0.6 is 15.9 Å². The van der Waals surface area contributed by atoms with Gasteiger partial charge in [0.1, 0.15) is 11.4 Å². The highest BCUT2D eigenvalue weighted by Crippen LogP contribution is 2.27.